The van der Waals surface area contributed by atoms with E-state index in [1.54, 1.807) is 6.07 Å². The fourth-order valence-corrected chi connectivity index (χ4v) is 3.93. The van der Waals surface area contributed by atoms with Gasteiger partial charge in [0.15, 0.2) is 5.88 Å². The van der Waals surface area contributed by atoms with Crippen molar-refractivity contribution in [3.8, 4) is 5.88 Å². The number of piperidine rings is 1. The lowest BCUT2D eigenvalue weighted by molar-refractivity contribution is -0.137. The predicted octanol–water partition coefficient (Wildman–Crippen LogP) is 5.88. The highest BCUT2D eigenvalue weighted by atomic mass is 19.4. The van der Waals surface area contributed by atoms with Gasteiger partial charge in [0.25, 0.3) is 0 Å². The van der Waals surface area contributed by atoms with Crippen LogP contribution in [0.2, 0.25) is 0 Å². The number of aliphatic imine (C=N–C) groups is 1. The summed E-state index contributed by atoms with van der Waals surface area (Å²) in [6, 6.07) is 11.4. The zero-order valence-electron chi connectivity index (χ0n) is 16.0. The van der Waals surface area contributed by atoms with Crippen molar-refractivity contribution in [1.82, 2.24) is 4.98 Å². The molecule has 2 heterocycles. The summed E-state index contributed by atoms with van der Waals surface area (Å²) in [5.74, 6) is 0.303. The van der Waals surface area contributed by atoms with E-state index < -0.39 is 11.7 Å². The molecule has 0 amide bonds. The van der Waals surface area contributed by atoms with Gasteiger partial charge in [0.1, 0.15) is 0 Å². The molecule has 29 heavy (non-hydrogen) atoms. The van der Waals surface area contributed by atoms with Crippen LogP contribution in [-0.2, 0) is 6.18 Å². The van der Waals surface area contributed by atoms with Gasteiger partial charge in [0.05, 0.1) is 16.8 Å². The van der Waals surface area contributed by atoms with Crippen molar-refractivity contribution >= 4 is 28.5 Å². The zero-order chi connectivity index (χ0) is 20.6. The Kier molecular flexibility index (Phi) is 4.98. The van der Waals surface area contributed by atoms with Crippen LogP contribution in [0.15, 0.2) is 47.5 Å². The minimum Gasteiger partial charge on any atom is -0.494 e. The number of hydrogen-bond acceptors (Lipinski definition) is 3. The maximum absolute atomic E-state index is 13.7. The van der Waals surface area contributed by atoms with Crippen molar-refractivity contribution in [2.75, 3.05) is 18.0 Å². The van der Waals surface area contributed by atoms with Crippen LogP contribution in [0.5, 0.6) is 5.88 Å². The van der Waals surface area contributed by atoms with Gasteiger partial charge in [-0.25, -0.2) is 0 Å². The Hall–Kier alpha value is -2.96. The van der Waals surface area contributed by atoms with Gasteiger partial charge < -0.3 is 15.0 Å². The third-order valence-corrected chi connectivity index (χ3v) is 5.35. The molecule has 1 aromatic heterocycles. The van der Waals surface area contributed by atoms with Crippen molar-refractivity contribution in [2.24, 2.45) is 10.9 Å². The van der Waals surface area contributed by atoms with Gasteiger partial charge in [-0.05, 0) is 43.0 Å². The summed E-state index contributed by atoms with van der Waals surface area (Å²) in [5, 5.41) is 10.9. The first-order valence-electron chi connectivity index (χ1n) is 9.63. The summed E-state index contributed by atoms with van der Waals surface area (Å²) in [4.78, 5) is 8.86. The van der Waals surface area contributed by atoms with E-state index in [-0.39, 0.29) is 17.3 Å². The van der Waals surface area contributed by atoms with E-state index in [1.807, 2.05) is 29.2 Å². The smallest absolute Gasteiger partial charge is 0.418 e. The molecule has 7 heteroatoms. The van der Waals surface area contributed by atoms with Crippen LogP contribution in [0.4, 0.5) is 24.5 Å². The van der Waals surface area contributed by atoms with E-state index in [9.17, 15) is 18.3 Å². The summed E-state index contributed by atoms with van der Waals surface area (Å²) in [5.41, 5.74) is 0.901. The summed E-state index contributed by atoms with van der Waals surface area (Å²) in [6.07, 6.45) is -1.15. The topological polar surface area (TPSA) is 51.6 Å². The summed E-state index contributed by atoms with van der Waals surface area (Å²) >= 11 is 0. The third-order valence-electron chi connectivity index (χ3n) is 5.35. The van der Waals surface area contributed by atoms with Crippen LogP contribution < -0.4 is 4.90 Å². The van der Waals surface area contributed by atoms with Gasteiger partial charge in [-0.15, -0.1) is 0 Å². The molecule has 1 saturated heterocycles. The molecule has 3 aromatic rings. The Morgan fingerprint density at radius 2 is 2.00 bits per heavy atom. The Morgan fingerprint density at radius 1 is 1.21 bits per heavy atom. The number of halogens is 3. The minimum atomic E-state index is -4.47. The highest BCUT2D eigenvalue weighted by Gasteiger charge is 2.36. The lowest BCUT2D eigenvalue weighted by Crippen LogP contribution is -2.35. The van der Waals surface area contributed by atoms with E-state index in [1.165, 1.54) is 12.3 Å². The first-order chi connectivity index (χ1) is 13.8. The highest BCUT2D eigenvalue weighted by molar-refractivity contribution is 6.02. The number of aromatic nitrogens is 1. The SMILES string of the molecule is CC1CCCN(c2ccc(N=Cc3c(O)[nH]c4ccccc34)cc2C(F)(F)F)C1. The molecular formula is C22H22F3N3O. The number of aromatic amines is 1. The van der Waals surface area contributed by atoms with Crippen molar-refractivity contribution in [3.05, 3.63) is 53.6 Å². The Balaban J connectivity index is 1.69. The molecule has 1 aliphatic rings. The summed E-state index contributed by atoms with van der Waals surface area (Å²) < 4.78 is 41.2. The highest BCUT2D eigenvalue weighted by Crippen LogP contribution is 2.40. The number of hydrogen-bond donors (Lipinski definition) is 2. The molecule has 0 spiro atoms. The second-order valence-corrected chi connectivity index (χ2v) is 7.58. The third kappa shape index (κ3) is 3.95. The van der Waals surface area contributed by atoms with Crippen LogP contribution in [0.3, 0.4) is 0 Å². The molecule has 1 unspecified atom stereocenters. The molecule has 1 aliphatic heterocycles. The Bertz CT molecular complexity index is 1060. The molecule has 2 aromatic carbocycles. The van der Waals surface area contributed by atoms with Gasteiger partial charge >= 0.3 is 6.18 Å². The Morgan fingerprint density at radius 3 is 2.76 bits per heavy atom. The first-order valence-corrected chi connectivity index (χ1v) is 9.63. The lowest BCUT2D eigenvalue weighted by Gasteiger charge is -2.34. The quantitative estimate of drug-likeness (QED) is 0.539. The average Bonchev–Trinajstić information content (AvgIpc) is 3.00. The van der Waals surface area contributed by atoms with Crippen LogP contribution in [0.25, 0.3) is 10.9 Å². The van der Waals surface area contributed by atoms with Crippen molar-refractivity contribution in [1.29, 1.82) is 0 Å². The normalized spacial score (nSPS) is 18.1. The lowest BCUT2D eigenvalue weighted by atomic mass is 9.98. The second kappa shape index (κ2) is 7.46. The molecule has 0 aliphatic carbocycles. The number of nitrogens with zero attached hydrogens (tertiary/aromatic N) is 2. The maximum atomic E-state index is 13.7. The van der Waals surface area contributed by atoms with Crippen LogP contribution in [0, 0.1) is 5.92 Å². The second-order valence-electron chi connectivity index (χ2n) is 7.58. The van der Waals surface area contributed by atoms with Crippen molar-refractivity contribution in [3.63, 3.8) is 0 Å². The van der Waals surface area contributed by atoms with Gasteiger partial charge in [0.2, 0.25) is 0 Å². The number of nitrogens with one attached hydrogen (secondary N) is 1. The van der Waals surface area contributed by atoms with E-state index in [0.29, 0.717) is 24.6 Å². The monoisotopic (exact) mass is 401 g/mol. The predicted molar refractivity (Wildman–Crippen MR) is 109 cm³/mol. The van der Waals surface area contributed by atoms with Crippen molar-refractivity contribution in [2.45, 2.75) is 25.9 Å². The Labute approximate surface area is 166 Å². The van der Waals surface area contributed by atoms with Crippen LogP contribution >= 0.6 is 0 Å². The number of benzene rings is 2. The van der Waals surface area contributed by atoms with Gasteiger partial charge in [-0.2, -0.15) is 13.2 Å². The van der Waals surface area contributed by atoms with E-state index in [0.717, 1.165) is 29.8 Å². The number of fused-ring (bicyclic) bond motifs is 1. The molecule has 2 N–H and O–H groups in total. The van der Waals surface area contributed by atoms with E-state index >= 15 is 0 Å². The summed E-state index contributed by atoms with van der Waals surface area (Å²) in [6.45, 7) is 3.31. The van der Waals surface area contributed by atoms with Gasteiger partial charge in [-0.1, -0.05) is 25.1 Å². The molecular weight excluding hydrogens is 379 g/mol. The number of para-hydroxylation sites is 1. The fourth-order valence-electron chi connectivity index (χ4n) is 3.93. The number of alkyl halides is 3. The molecule has 152 valence electrons. The minimum absolute atomic E-state index is 0.0649. The van der Waals surface area contributed by atoms with Gasteiger partial charge in [0, 0.05) is 35.9 Å². The molecule has 4 rings (SSSR count). The van der Waals surface area contributed by atoms with Gasteiger partial charge in [-0.3, -0.25) is 4.99 Å². The van der Waals surface area contributed by atoms with Crippen molar-refractivity contribution < 1.29 is 18.3 Å². The molecule has 0 radical (unpaired) electrons. The molecule has 0 saturated carbocycles. The molecule has 4 nitrogen and oxygen atoms in total. The average molecular weight is 401 g/mol. The summed E-state index contributed by atoms with van der Waals surface area (Å²) in [7, 11) is 0. The van der Waals surface area contributed by atoms with Crippen LogP contribution in [0.1, 0.15) is 30.9 Å². The number of H-pyrrole nitrogens is 1. The standard InChI is InChI=1S/C22H22F3N3O/c1-14-5-4-10-28(13-14)20-9-8-15(11-18(20)22(23,24)25)26-12-17-16-6-2-3-7-19(16)27-21(17)29/h2-3,6-9,11-12,14,27,29H,4-5,10,13H2,1H3. The molecule has 1 fully saturated rings. The van der Waals surface area contributed by atoms with E-state index in [2.05, 4.69) is 16.9 Å². The van der Waals surface area contributed by atoms with E-state index in [4.69, 9.17) is 0 Å². The maximum Gasteiger partial charge on any atom is 0.418 e. The fraction of sp³-hybridized carbons (Fsp3) is 0.318. The largest absolute Gasteiger partial charge is 0.494 e. The molecule has 1 atom stereocenters. The first kappa shape index (κ1) is 19.4. The number of rotatable bonds is 3. The number of anilines is 1. The molecule has 0 bridgehead atoms. The van der Waals surface area contributed by atoms with Crippen LogP contribution in [-0.4, -0.2) is 29.4 Å². The number of aromatic hydroxyl groups is 1. The zero-order valence-corrected chi connectivity index (χ0v) is 16.0.